The fraction of sp³-hybridized carbons (Fsp3) is 0.667. The topological polar surface area (TPSA) is 15.3 Å². The van der Waals surface area contributed by atoms with E-state index in [1.807, 2.05) is 0 Å². The summed E-state index contributed by atoms with van der Waals surface area (Å²) in [6.07, 6.45) is 2.52. The van der Waals surface area contributed by atoms with E-state index in [1.165, 1.54) is 37.2 Å². The predicted octanol–water partition coefficient (Wildman–Crippen LogP) is 4.23. The fourth-order valence-electron chi connectivity index (χ4n) is 3.16. The molecule has 1 fully saturated rings. The van der Waals surface area contributed by atoms with E-state index in [4.69, 9.17) is 0 Å². The van der Waals surface area contributed by atoms with Crippen molar-refractivity contribution in [3.63, 3.8) is 0 Å². The van der Waals surface area contributed by atoms with Crippen LogP contribution < -0.4 is 10.2 Å². The summed E-state index contributed by atoms with van der Waals surface area (Å²) in [7, 11) is 0. The molecule has 1 aliphatic rings. The molecule has 20 heavy (non-hydrogen) atoms. The molecular weight excluding hydrogens is 244 g/mol. The molecule has 0 aromatic heterocycles. The third kappa shape index (κ3) is 3.54. The van der Waals surface area contributed by atoms with Gasteiger partial charge in [0.15, 0.2) is 0 Å². The van der Waals surface area contributed by atoms with Crippen molar-refractivity contribution in [2.24, 2.45) is 11.8 Å². The van der Waals surface area contributed by atoms with E-state index in [0.717, 1.165) is 18.4 Å². The van der Waals surface area contributed by atoms with Crippen LogP contribution in [-0.2, 0) is 0 Å². The van der Waals surface area contributed by atoms with Gasteiger partial charge in [0, 0.05) is 24.8 Å². The molecule has 2 unspecified atom stereocenters. The molecule has 1 aromatic carbocycles. The highest BCUT2D eigenvalue weighted by molar-refractivity contribution is 5.55. The summed E-state index contributed by atoms with van der Waals surface area (Å²) in [6.45, 7) is 12.7. The van der Waals surface area contributed by atoms with E-state index in [1.54, 1.807) is 0 Å². The monoisotopic (exact) mass is 274 g/mol. The zero-order valence-corrected chi connectivity index (χ0v) is 13.5. The lowest BCUT2D eigenvalue weighted by Crippen LogP contribution is -2.26. The molecule has 0 spiro atoms. The van der Waals surface area contributed by atoms with Gasteiger partial charge in [0.2, 0.25) is 0 Å². The summed E-state index contributed by atoms with van der Waals surface area (Å²) >= 11 is 0. The van der Waals surface area contributed by atoms with Gasteiger partial charge < -0.3 is 10.2 Å². The Morgan fingerprint density at radius 1 is 1.25 bits per heavy atom. The maximum atomic E-state index is 3.62. The van der Waals surface area contributed by atoms with Crippen LogP contribution >= 0.6 is 0 Å². The smallest absolute Gasteiger partial charge is 0.0414 e. The fourth-order valence-corrected chi connectivity index (χ4v) is 3.16. The zero-order chi connectivity index (χ0) is 14.5. The van der Waals surface area contributed by atoms with E-state index >= 15 is 0 Å². The Bertz CT molecular complexity index is 414. The van der Waals surface area contributed by atoms with E-state index in [-0.39, 0.29) is 0 Å². The predicted molar refractivity (Wildman–Crippen MR) is 88.3 cm³/mol. The molecule has 0 bridgehead atoms. The first-order chi connectivity index (χ1) is 9.63. The number of nitrogens with zero attached hydrogens (tertiary/aromatic N) is 1. The van der Waals surface area contributed by atoms with Gasteiger partial charge in [-0.15, -0.1) is 0 Å². The van der Waals surface area contributed by atoms with Gasteiger partial charge in [-0.05, 0) is 49.8 Å². The second-order valence-electron chi connectivity index (χ2n) is 6.47. The Balaban J connectivity index is 2.12. The number of nitrogens with one attached hydrogen (secondary N) is 1. The third-order valence-corrected chi connectivity index (χ3v) is 4.61. The summed E-state index contributed by atoms with van der Waals surface area (Å²) in [6, 6.07) is 9.35. The molecule has 1 aliphatic heterocycles. The van der Waals surface area contributed by atoms with Gasteiger partial charge in [0.25, 0.3) is 0 Å². The van der Waals surface area contributed by atoms with Crippen LogP contribution in [0.4, 0.5) is 5.69 Å². The SMILES string of the molecule is CCCNC(C)c1ccccc1N1CCC(C(C)C)C1. The molecule has 0 aliphatic carbocycles. The highest BCUT2D eigenvalue weighted by atomic mass is 15.2. The Morgan fingerprint density at radius 3 is 2.65 bits per heavy atom. The summed E-state index contributed by atoms with van der Waals surface area (Å²) in [5.41, 5.74) is 2.89. The van der Waals surface area contributed by atoms with Gasteiger partial charge in [-0.3, -0.25) is 0 Å². The number of hydrogen-bond acceptors (Lipinski definition) is 2. The number of hydrogen-bond donors (Lipinski definition) is 1. The van der Waals surface area contributed by atoms with Crippen LogP contribution in [0.25, 0.3) is 0 Å². The minimum atomic E-state index is 0.434. The van der Waals surface area contributed by atoms with Crippen molar-refractivity contribution in [2.75, 3.05) is 24.5 Å². The van der Waals surface area contributed by atoms with Crippen LogP contribution in [0.2, 0.25) is 0 Å². The standard InChI is InChI=1S/C18H30N2/c1-5-11-19-15(4)17-8-6-7-9-18(17)20-12-10-16(13-20)14(2)3/h6-9,14-16,19H,5,10-13H2,1-4H3. The van der Waals surface area contributed by atoms with E-state index in [9.17, 15) is 0 Å². The second kappa shape index (κ2) is 7.12. The first-order valence-electron chi connectivity index (χ1n) is 8.20. The van der Waals surface area contributed by atoms with Crippen molar-refractivity contribution < 1.29 is 0 Å². The van der Waals surface area contributed by atoms with Crippen molar-refractivity contribution in [1.82, 2.24) is 5.32 Å². The van der Waals surface area contributed by atoms with Gasteiger partial charge in [0.05, 0.1) is 0 Å². The minimum absolute atomic E-state index is 0.434. The molecule has 0 amide bonds. The van der Waals surface area contributed by atoms with Crippen LogP contribution in [0, 0.1) is 11.8 Å². The summed E-state index contributed by atoms with van der Waals surface area (Å²) in [5.74, 6) is 1.64. The Kier molecular flexibility index (Phi) is 5.47. The first-order valence-corrected chi connectivity index (χ1v) is 8.20. The average Bonchev–Trinajstić information content (AvgIpc) is 2.94. The molecule has 0 radical (unpaired) electrons. The molecule has 1 heterocycles. The molecular formula is C18H30N2. The van der Waals surface area contributed by atoms with Crippen LogP contribution in [0.15, 0.2) is 24.3 Å². The van der Waals surface area contributed by atoms with Gasteiger partial charge in [0.1, 0.15) is 0 Å². The third-order valence-electron chi connectivity index (χ3n) is 4.61. The molecule has 2 nitrogen and oxygen atoms in total. The lowest BCUT2D eigenvalue weighted by atomic mass is 9.95. The first kappa shape index (κ1) is 15.4. The molecule has 1 N–H and O–H groups in total. The van der Waals surface area contributed by atoms with Crippen LogP contribution in [-0.4, -0.2) is 19.6 Å². The number of para-hydroxylation sites is 1. The Hall–Kier alpha value is -1.02. The van der Waals surface area contributed by atoms with Crippen LogP contribution in [0.1, 0.15) is 52.1 Å². The molecule has 2 atom stereocenters. The van der Waals surface area contributed by atoms with Crippen LogP contribution in [0.5, 0.6) is 0 Å². The summed E-state index contributed by atoms with van der Waals surface area (Å²) in [4.78, 5) is 2.59. The normalized spacial score (nSPS) is 20.6. The van der Waals surface area contributed by atoms with E-state index in [0.29, 0.717) is 6.04 Å². The van der Waals surface area contributed by atoms with Gasteiger partial charge in [-0.2, -0.15) is 0 Å². The van der Waals surface area contributed by atoms with E-state index in [2.05, 4.69) is 62.2 Å². The average molecular weight is 274 g/mol. The highest BCUT2D eigenvalue weighted by Gasteiger charge is 2.26. The molecule has 0 saturated carbocycles. The largest absolute Gasteiger partial charge is 0.371 e. The molecule has 2 rings (SSSR count). The quantitative estimate of drug-likeness (QED) is 0.835. The van der Waals surface area contributed by atoms with Gasteiger partial charge >= 0.3 is 0 Å². The van der Waals surface area contributed by atoms with Crippen molar-refractivity contribution in [3.8, 4) is 0 Å². The van der Waals surface area contributed by atoms with E-state index < -0.39 is 0 Å². The van der Waals surface area contributed by atoms with Crippen LogP contribution in [0.3, 0.4) is 0 Å². The summed E-state index contributed by atoms with van der Waals surface area (Å²) in [5, 5.41) is 3.62. The van der Waals surface area contributed by atoms with Crippen molar-refractivity contribution >= 4 is 5.69 Å². The minimum Gasteiger partial charge on any atom is -0.371 e. The number of rotatable bonds is 6. The Labute approximate surface area is 124 Å². The second-order valence-corrected chi connectivity index (χ2v) is 6.47. The molecule has 112 valence electrons. The number of anilines is 1. The van der Waals surface area contributed by atoms with Crippen molar-refractivity contribution in [2.45, 2.75) is 46.6 Å². The molecule has 1 aromatic rings. The molecule has 2 heteroatoms. The zero-order valence-electron chi connectivity index (χ0n) is 13.5. The lowest BCUT2D eigenvalue weighted by molar-refractivity contribution is 0.422. The Morgan fingerprint density at radius 2 is 2.00 bits per heavy atom. The maximum absolute atomic E-state index is 3.62. The van der Waals surface area contributed by atoms with Crippen molar-refractivity contribution in [3.05, 3.63) is 29.8 Å². The van der Waals surface area contributed by atoms with Crippen molar-refractivity contribution in [1.29, 1.82) is 0 Å². The summed E-state index contributed by atoms with van der Waals surface area (Å²) < 4.78 is 0. The van der Waals surface area contributed by atoms with Gasteiger partial charge in [-0.1, -0.05) is 39.0 Å². The highest BCUT2D eigenvalue weighted by Crippen LogP contribution is 2.32. The maximum Gasteiger partial charge on any atom is 0.0414 e. The van der Waals surface area contributed by atoms with Gasteiger partial charge in [-0.25, -0.2) is 0 Å². The molecule has 1 saturated heterocycles. The number of benzene rings is 1. The lowest BCUT2D eigenvalue weighted by Gasteiger charge is -2.26.